The molecule has 0 fully saturated rings. The Hall–Kier alpha value is -0.800. The molecule has 0 aliphatic rings. The van der Waals surface area contributed by atoms with Crippen LogP contribution in [0.3, 0.4) is 0 Å². The fraction of sp³-hybridized carbons (Fsp3) is 0.714. The SMILES string of the molecule is CCCC(CCO)CNC(CC)c1ccco1. The average molecular weight is 239 g/mol. The van der Waals surface area contributed by atoms with Gasteiger partial charge in [-0.2, -0.15) is 0 Å². The molecule has 1 rings (SSSR count). The van der Waals surface area contributed by atoms with Gasteiger partial charge < -0.3 is 14.8 Å². The summed E-state index contributed by atoms with van der Waals surface area (Å²) in [5.74, 6) is 1.57. The highest BCUT2D eigenvalue weighted by molar-refractivity contribution is 5.03. The maximum absolute atomic E-state index is 9.02. The molecule has 0 bridgehead atoms. The van der Waals surface area contributed by atoms with Crippen molar-refractivity contribution in [2.45, 2.75) is 45.6 Å². The van der Waals surface area contributed by atoms with Gasteiger partial charge in [-0.3, -0.25) is 0 Å². The lowest BCUT2D eigenvalue weighted by Crippen LogP contribution is -2.27. The quantitative estimate of drug-likeness (QED) is 0.696. The first-order valence-corrected chi connectivity index (χ1v) is 6.69. The van der Waals surface area contributed by atoms with Gasteiger partial charge in [0.15, 0.2) is 0 Å². The van der Waals surface area contributed by atoms with E-state index in [0.29, 0.717) is 12.0 Å². The lowest BCUT2D eigenvalue weighted by molar-refractivity contribution is 0.242. The molecule has 2 N–H and O–H groups in total. The van der Waals surface area contributed by atoms with Gasteiger partial charge >= 0.3 is 0 Å². The zero-order valence-corrected chi connectivity index (χ0v) is 11.0. The molecular formula is C14H25NO2. The van der Waals surface area contributed by atoms with E-state index in [-0.39, 0.29) is 6.61 Å². The summed E-state index contributed by atoms with van der Waals surface area (Å²) in [7, 11) is 0. The molecule has 1 aromatic heterocycles. The van der Waals surface area contributed by atoms with Crippen LogP contribution in [0.4, 0.5) is 0 Å². The Morgan fingerprint density at radius 3 is 2.71 bits per heavy atom. The maximum Gasteiger partial charge on any atom is 0.120 e. The first-order valence-electron chi connectivity index (χ1n) is 6.69. The van der Waals surface area contributed by atoms with Crippen molar-refractivity contribution in [2.24, 2.45) is 5.92 Å². The fourth-order valence-corrected chi connectivity index (χ4v) is 2.18. The van der Waals surface area contributed by atoms with Crippen LogP contribution in [-0.2, 0) is 0 Å². The largest absolute Gasteiger partial charge is 0.468 e. The molecule has 2 unspecified atom stereocenters. The van der Waals surface area contributed by atoms with Crippen LogP contribution in [0.5, 0.6) is 0 Å². The number of nitrogens with one attached hydrogen (secondary N) is 1. The molecule has 0 radical (unpaired) electrons. The molecule has 3 heteroatoms. The second kappa shape index (κ2) is 8.31. The minimum atomic E-state index is 0.282. The average Bonchev–Trinajstić information content (AvgIpc) is 2.84. The molecule has 0 aromatic carbocycles. The normalized spacial score (nSPS) is 14.8. The Morgan fingerprint density at radius 1 is 1.35 bits per heavy atom. The predicted molar refractivity (Wildman–Crippen MR) is 69.8 cm³/mol. The van der Waals surface area contributed by atoms with E-state index < -0.39 is 0 Å². The van der Waals surface area contributed by atoms with Crippen LogP contribution in [0.1, 0.15) is 51.3 Å². The molecule has 0 spiro atoms. The van der Waals surface area contributed by atoms with E-state index in [4.69, 9.17) is 9.52 Å². The maximum atomic E-state index is 9.02. The highest BCUT2D eigenvalue weighted by atomic mass is 16.3. The van der Waals surface area contributed by atoms with E-state index >= 15 is 0 Å². The molecule has 0 saturated heterocycles. The van der Waals surface area contributed by atoms with Crippen LogP contribution < -0.4 is 5.32 Å². The second-order valence-corrected chi connectivity index (χ2v) is 4.55. The zero-order valence-electron chi connectivity index (χ0n) is 11.0. The van der Waals surface area contributed by atoms with E-state index in [1.165, 1.54) is 12.8 Å². The van der Waals surface area contributed by atoms with Gasteiger partial charge in [-0.25, -0.2) is 0 Å². The van der Waals surface area contributed by atoms with E-state index in [1.54, 1.807) is 6.26 Å². The third-order valence-electron chi connectivity index (χ3n) is 3.18. The van der Waals surface area contributed by atoms with Crippen molar-refractivity contribution < 1.29 is 9.52 Å². The number of hydrogen-bond donors (Lipinski definition) is 2. The molecule has 0 amide bonds. The number of hydrogen-bond acceptors (Lipinski definition) is 3. The summed E-state index contributed by atoms with van der Waals surface area (Å²) in [5.41, 5.74) is 0. The van der Waals surface area contributed by atoms with Gasteiger partial charge in [0, 0.05) is 6.61 Å². The predicted octanol–water partition coefficient (Wildman–Crippen LogP) is 3.12. The Labute approximate surface area is 104 Å². The monoisotopic (exact) mass is 239 g/mol. The molecule has 17 heavy (non-hydrogen) atoms. The summed E-state index contributed by atoms with van der Waals surface area (Å²) in [6.07, 6.45) is 5.96. The van der Waals surface area contributed by atoms with Crippen LogP contribution in [-0.4, -0.2) is 18.3 Å². The van der Waals surface area contributed by atoms with Crippen LogP contribution in [0.15, 0.2) is 22.8 Å². The summed E-state index contributed by atoms with van der Waals surface area (Å²) >= 11 is 0. The fourth-order valence-electron chi connectivity index (χ4n) is 2.18. The van der Waals surface area contributed by atoms with Gasteiger partial charge in [-0.15, -0.1) is 0 Å². The van der Waals surface area contributed by atoms with Gasteiger partial charge in [0.1, 0.15) is 5.76 Å². The second-order valence-electron chi connectivity index (χ2n) is 4.55. The van der Waals surface area contributed by atoms with E-state index in [1.807, 2.05) is 12.1 Å². The zero-order chi connectivity index (χ0) is 12.5. The van der Waals surface area contributed by atoms with Gasteiger partial charge in [0.25, 0.3) is 0 Å². The lowest BCUT2D eigenvalue weighted by atomic mass is 9.99. The summed E-state index contributed by atoms with van der Waals surface area (Å²) < 4.78 is 5.43. The number of aliphatic hydroxyl groups is 1. The van der Waals surface area contributed by atoms with Gasteiger partial charge in [-0.05, 0) is 43.9 Å². The molecule has 1 aromatic rings. The standard InChI is InChI=1S/C14H25NO2/c1-3-6-12(8-9-16)11-15-13(4-2)14-7-5-10-17-14/h5,7,10,12-13,15-16H,3-4,6,8-9,11H2,1-2H3. The summed E-state index contributed by atoms with van der Waals surface area (Å²) in [4.78, 5) is 0. The van der Waals surface area contributed by atoms with E-state index in [0.717, 1.165) is 25.1 Å². The lowest BCUT2D eigenvalue weighted by Gasteiger charge is -2.20. The summed E-state index contributed by atoms with van der Waals surface area (Å²) in [6.45, 7) is 5.58. The van der Waals surface area contributed by atoms with Crippen LogP contribution in [0.25, 0.3) is 0 Å². The van der Waals surface area contributed by atoms with E-state index in [9.17, 15) is 0 Å². The Morgan fingerprint density at radius 2 is 2.18 bits per heavy atom. The molecule has 2 atom stereocenters. The van der Waals surface area contributed by atoms with Gasteiger partial charge in [0.2, 0.25) is 0 Å². The summed E-state index contributed by atoms with van der Waals surface area (Å²) in [6, 6.07) is 4.24. The van der Waals surface area contributed by atoms with Crippen molar-refractivity contribution in [3.63, 3.8) is 0 Å². The highest BCUT2D eigenvalue weighted by Crippen LogP contribution is 2.18. The smallest absolute Gasteiger partial charge is 0.120 e. The van der Waals surface area contributed by atoms with Crippen molar-refractivity contribution in [3.05, 3.63) is 24.2 Å². The van der Waals surface area contributed by atoms with Crippen molar-refractivity contribution >= 4 is 0 Å². The Kier molecular flexibility index (Phi) is 6.97. The van der Waals surface area contributed by atoms with Gasteiger partial charge in [0.05, 0.1) is 12.3 Å². The van der Waals surface area contributed by atoms with Crippen molar-refractivity contribution in [3.8, 4) is 0 Å². The minimum absolute atomic E-state index is 0.282. The van der Waals surface area contributed by atoms with Crippen molar-refractivity contribution in [1.29, 1.82) is 0 Å². The topological polar surface area (TPSA) is 45.4 Å². The molecule has 98 valence electrons. The first kappa shape index (κ1) is 14.3. The molecule has 0 saturated carbocycles. The molecule has 3 nitrogen and oxygen atoms in total. The number of furan rings is 1. The molecular weight excluding hydrogens is 214 g/mol. The third kappa shape index (κ3) is 4.92. The number of aliphatic hydroxyl groups excluding tert-OH is 1. The van der Waals surface area contributed by atoms with Crippen LogP contribution in [0.2, 0.25) is 0 Å². The Balaban J connectivity index is 2.40. The van der Waals surface area contributed by atoms with Crippen molar-refractivity contribution in [2.75, 3.05) is 13.2 Å². The molecule has 0 aliphatic carbocycles. The van der Waals surface area contributed by atoms with Crippen molar-refractivity contribution in [1.82, 2.24) is 5.32 Å². The number of rotatable bonds is 9. The third-order valence-corrected chi connectivity index (χ3v) is 3.18. The molecule has 1 heterocycles. The Bertz CT molecular complexity index is 266. The van der Waals surface area contributed by atoms with E-state index in [2.05, 4.69) is 19.2 Å². The highest BCUT2D eigenvalue weighted by Gasteiger charge is 2.14. The van der Waals surface area contributed by atoms with Crippen LogP contribution >= 0.6 is 0 Å². The van der Waals surface area contributed by atoms with Crippen LogP contribution in [0, 0.1) is 5.92 Å². The molecule has 0 aliphatic heterocycles. The summed E-state index contributed by atoms with van der Waals surface area (Å²) in [5, 5.41) is 12.6. The minimum Gasteiger partial charge on any atom is -0.468 e. The first-order chi connectivity index (χ1) is 8.31. The van der Waals surface area contributed by atoms with Gasteiger partial charge in [-0.1, -0.05) is 20.3 Å².